The van der Waals surface area contributed by atoms with E-state index in [4.69, 9.17) is 8.19 Å². The molecule has 0 spiro atoms. The molecule has 40 valence electrons. The van der Waals surface area contributed by atoms with E-state index in [1.807, 2.05) is 0 Å². The first kappa shape index (κ1) is 9.53. The van der Waals surface area contributed by atoms with Crippen LogP contribution in [-0.2, 0) is 3.74 Å². The molecule has 0 heterocycles. The van der Waals surface area contributed by atoms with E-state index in [1.165, 1.54) is 0 Å². The third-order valence-electron chi connectivity index (χ3n) is 0. The van der Waals surface area contributed by atoms with Gasteiger partial charge in [0.1, 0.15) is 0 Å². The van der Waals surface area contributed by atoms with Crippen LogP contribution in [0, 0.1) is 0 Å². The molecule has 0 aliphatic rings. The van der Waals surface area contributed by atoms with E-state index in [2.05, 4.69) is 0 Å². The fourth-order valence-electron chi connectivity index (χ4n) is 0. The van der Waals surface area contributed by atoms with Crippen molar-refractivity contribution in [3.8, 4) is 0 Å². The maximum Gasteiger partial charge on any atom is -0.412 e. The summed E-state index contributed by atoms with van der Waals surface area (Å²) < 4.78 is 24.8. The van der Waals surface area contributed by atoms with E-state index in [0.717, 1.165) is 5.71 Å². The first-order valence-corrected chi connectivity index (χ1v) is 5.35. The zero-order valence-corrected chi connectivity index (χ0v) is 5.13. The molecule has 6 heavy (non-hydrogen) atoms. The molecule has 0 fully saturated rings. The molecule has 0 unspecified atom stereocenters. The maximum absolute atomic E-state index is 9.39. The fraction of sp³-hybridized carbons (Fsp3) is 1.00. The van der Waals surface area contributed by atoms with Gasteiger partial charge >= 0.3 is 31.8 Å². The van der Waals surface area contributed by atoms with Gasteiger partial charge in [0.25, 0.3) is 0 Å². The number of rotatable bonds is 0. The van der Waals surface area contributed by atoms with E-state index in [1.54, 1.807) is 0 Å². The zero-order valence-electron chi connectivity index (χ0n) is 3.25. The van der Waals surface area contributed by atoms with Gasteiger partial charge in [0.2, 0.25) is 0 Å². The van der Waals surface area contributed by atoms with Crippen molar-refractivity contribution in [3.05, 3.63) is 0 Å². The molecule has 0 bridgehead atoms. The van der Waals surface area contributed by atoms with Gasteiger partial charge in [-0.3, -0.25) is 0 Å². The van der Waals surface area contributed by atoms with Gasteiger partial charge in [-0.25, -0.2) is 0 Å². The largest absolute Gasteiger partial charge is 0.412 e. The Balaban J connectivity index is 0. The van der Waals surface area contributed by atoms with E-state index in [9.17, 15) is 3.74 Å². The zero-order chi connectivity index (χ0) is 4.50. The molecule has 0 radical (unpaired) electrons. The van der Waals surface area contributed by atoms with Gasteiger partial charge in [0.05, 0.1) is 0 Å². The second kappa shape index (κ2) is 2.42. The summed E-state index contributed by atoms with van der Waals surface area (Å²) in [7, 11) is 0. The first-order chi connectivity index (χ1) is 2.00. The monoisotopic (exact) mass is 158 g/mol. The molecule has 4 nitrogen and oxygen atoms in total. The van der Waals surface area contributed by atoms with E-state index < -0.39 is 14.2 Å². The van der Waals surface area contributed by atoms with Crippen molar-refractivity contribution in [2.45, 2.75) is 5.71 Å². The van der Waals surface area contributed by atoms with Gasteiger partial charge in [-0.1, -0.05) is 0 Å². The quantitative estimate of drug-likeness (QED) is 0.405. The van der Waals surface area contributed by atoms with Crippen LogP contribution in [0.5, 0.6) is 0 Å². The SMILES string of the molecule is C[As](=O)(O)O.O. The minimum absolute atomic E-state index is 0. The van der Waals surface area contributed by atoms with Crippen molar-refractivity contribution in [1.82, 2.24) is 0 Å². The summed E-state index contributed by atoms with van der Waals surface area (Å²) in [5.41, 5.74) is 0.915. The Kier molecular flexibility index (Phi) is 3.84. The van der Waals surface area contributed by atoms with E-state index >= 15 is 0 Å². The summed E-state index contributed by atoms with van der Waals surface area (Å²) in [6, 6.07) is 0. The molecule has 5 heteroatoms. The van der Waals surface area contributed by atoms with Crippen LogP contribution in [0.2, 0.25) is 5.71 Å². The molecule has 0 aromatic carbocycles. The molecule has 0 aliphatic heterocycles. The Morgan fingerprint density at radius 2 is 1.50 bits per heavy atom. The van der Waals surface area contributed by atoms with Crippen molar-refractivity contribution in [2.75, 3.05) is 0 Å². The minimum atomic E-state index is -4.12. The van der Waals surface area contributed by atoms with Crippen LogP contribution >= 0.6 is 0 Å². The van der Waals surface area contributed by atoms with Gasteiger partial charge in [0, 0.05) is 0 Å². The molecule has 0 atom stereocenters. The van der Waals surface area contributed by atoms with Crippen LogP contribution in [0.1, 0.15) is 0 Å². The molecule has 0 rings (SSSR count). The van der Waals surface area contributed by atoms with Crippen LogP contribution in [0.15, 0.2) is 0 Å². The summed E-state index contributed by atoms with van der Waals surface area (Å²) in [5, 5.41) is 0. The molecular formula is CH7AsO4. The molecule has 0 aliphatic carbocycles. The first-order valence-electron chi connectivity index (χ1n) is 1.03. The van der Waals surface area contributed by atoms with Crippen molar-refractivity contribution in [3.63, 3.8) is 0 Å². The maximum atomic E-state index is 9.39. The molecular weight excluding hydrogens is 151 g/mol. The molecule has 0 aromatic rings. The molecule has 0 saturated carbocycles. The van der Waals surface area contributed by atoms with Crippen LogP contribution in [0.4, 0.5) is 0 Å². The average Bonchev–Trinajstić information content (AvgIpc) is 0.722. The standard InChI is InChI=1S/CH5AsO3.H2O/c1-2(3,4)5;/h1H3,(H2,3,4,5);1H2. The molecule has 0 amide bonds. The van der Waals surface area contributed by atoms with Gasteiger partial charge < -0.3 is 5.48 Å². The average molecular weight is 158 g/mol. The Labute approximate surface area is 38.1 Å². The van der Waals surface area contributed by atoms with Gasteiger partial charge in [-0.2, -0.15) is 0 Å². The van der Waals surface area contributed by atoms with Crippen molar-refractivity contribution < 1.29 is 17.4 Å². The smallest absolute Gasteiger partial charge is 0.412 e. The number of hydrogen-bond acceptors (Lipinski definition) is 1. The third-order valence-corrected chi connectivity index (χ3v) is 0. The molecule has 4 N–H and O–H groups in total. The Hall–Kier alpha value is 0.238. The Morgan fingerprint density at radius 3 is 1.50 bits per heavy atom. The van der Waals surface area contributed by atoms with Crippen LogP contribution < -0.4 is 0 Å². The summed E-state index contributed by atoms with van der Waals surface area (Å²) in [6.07, 6.45) is 0. The van der Waals surface area contributed by atoms with Crippen molar-refractivity contribution in [2.24, 2.45) is 0 Å². The van der Waals surface area contributed by atoms with Crippen molar-refractivity contribution in [1.29, 1.82) is 0 Å². The Morgan fingerprint density at radius 1 is 1.50 bits per heavy atom. The normalized spacial score (nSPS) is 9.83. The van der Waals surface area contributed by atoms with Gasteiger partial charge in [0.15, 0.2) is 0 Å². The summed E-state index contributed by atoms with van der Waals surface area (Å²) in [4.78, 5) is 0. The minimum Gasteiger partial charge on any atom is -0.412 e. The summed E-state index contributed by atoms with van der Waals surface area (Å²) >= 11 is -4.12. The second-order valence-corrected chi connectivity index (χ2v) is 4.34. The Bertz CT molecular complexity index is 53.7. The van der Waals surface area contributed by atoms with Crippen LogP contribution in [0.3, 0.4) is 0 Å². The third kappa shape index (κ3) is 782. The predicted molar refractivity (Wildman–Crippen MR) is 20.4 cm³/mol. The van der Waals surface area contributed by atoms with E-state index in [0.29, 0.717) is 0 Å². The topological polar surface area (TPSA) is 89.0 Å². The number of hydrogen-bond donors (Lipinski definition) is 2. The van der Waals surface area contributed by atoms with Gasteiger partial charge in [-0.15, -0.1) is 0 Å². The van der Waals surface area contributed by atoms with Crippen LogP contribution in [-0.4, -0.2) is 27.8 Å². The van der Waals surface area contributed by atoms with Crippen molar-refractivity contribution >= 4 is 14.2 Å². The molecule has 0 aromatic heterocycles. The summed E-state index contributed by atoms with van der Waals surface area (Å²) in [5.74, 6) is 0. The van der Waals surface area contributed by atoms with E-state index in [-0.39, 0.29) is 5.48 Å². The second-order valence-electron chi connectivity index (χ2n) is 0.835. The van der Waals surface area contributed by atoms with Gasteiger partial charge in [-0.05, 0) is 0 Å². The molecule has 0 saturated heterocycles. The van der Waals surface area contributed by atoms with Crippen LogP contribution in [0.25, 0.3) is 0 Å². The summed E-state index contributed by atoms with van der Waals surface area (Å²) in [6.45, 7) is 0. The predicted octanol–water partition coefficient (Wildman–Crippen LogP) is -1.85. The fourth-order valence-corrected chi connectivity index (χ4v) is 0.